The number of benzene rings is 2. The molecule has 0 unspecified atom stereocenters. The first-order valence-corrected chi connectivity index (χ1v) is 10.3. The summed E-state index contributed by atoms with van der Waals surface area (Å²) in [5.74, 6) is 0.930. The van der Waals surface area contributed by atoms with Gasteiger partial charge in [-0.05, 0) is 59.5 Å². The van der Waals surface area contributed by atoms with Gasteiger partial charge in [0.2, 0.25) is 0 Å². The summed E-state index contributed by atoms with van der Waals surface area (Å²) in [4.78, 5) is 28.0. The Labute approximate surface area is 183 Å². The van der Waals surface area contributed by atoms with E-state index in [9.17, 15) is 9.70 Å². The van der Waals surface area contributed by atoms with Gasteiger partial charge in [-0.2, -0.15) is 5.10 Å². The summed E-state index contributed by atoms with van der Waals surface area (Å²) in [6.45, 7) is 0. The number of rotatable bonds is 5. The van der Waals surface area contributed by atoms with Gasteiger partial charge in [0, 0.05) is 24.3 Å². The Morgan fingerprint density at radius 3 is 2.59 bits per heavy atom. The molecule has 1 aliphatic rings. The highest BCUT2D eigenvalue weighted by Gasteiger charge is 2.27. The largest absolute Gasteiger partial charge is 0.382 e. The molecule has 0 aliphatic heterocycles. The van der Waals surface area contributed by atoms with Gasteiger partial charge in [0.15, 0.2) is 11.5 Å². The van der Waals surface area contributed by atoms with Crippen LogP contribution >= 0.6 is 0 Å². The van der Waals surface area contributed by atoms with Crippen LogP contribution in [0.4, 0.5) is 27.7 Å². The van der Waals surface area contributed by atoms with E-state index in [4.69, 9.17) is 10.7 Å². The predicted molar refractivity (Wildman–Crippen MR) is 125 cm³/mol. The maximum Gasteiger partial charge on any atom is 0.323 e. The molecule has 9 heteroatoms. The molecule has 0 radical (unpaired) electrons. The first-order valence-electron chi connectivity index (χ1n) is 10.3. The number of nitrogens with two attached hydrogens (primary N) is 1. The van der Waals surface area contributed by atoms with Crippen LogP contribution < -0.4 is 16.4 Å². The molecule has 4 aromatic rings. The minimum atomic E-state index is -0.465. The lowest BCUT2D eigenvalue weighted by Gasteiger charge is -2.11. The average Bonchev–Trinajstić information content (AvgIpc) is 3.60. The van der Waals surface area contributed by atoms with Gasteiger partial charge in [0.1, 0.15) is 5.69 Å². The number of amides is 2. The summed E-state index contributed by atoms with van der Waals surface area (Å²) in [7, 11) is 1.84. The van der Waals surface area contributed by atoms with Crippen LogP contribution in [0.15, 0.2) is 59.8 Å². The Morgan fingerprint density at radius 1 is 1.12 bits per heavy atom. The van der Waals surface area contributed by atoms with E-state index in [-0.39, 0.29) is 5.69 Å². The summed E-state index contributed by atoms with van der Waals surface area (Å²) in [6, 6.07) is 15.7. The highest BCUT2D eigenvalue weighted by atomic mass is 16.3. The second kappa shape index (κ2) is 7.77. The third-order valence-electron chi connectivity index (χ3n) is 5.54. The van der Waals surface area contributed by atoms with Crippen molar-refractivity contribution in [3.8, 4) is 11.1 Å². The number of nitroso groups, excluding NO2 is 1. The minimum absolute atomic E-state index is 0.167. The molecule has 160 valence electrons. The molecule has 2 aromatic carbocycles. The van der Waals surface area contributed by atoms with Crippen LogP contribution in [0.1, 0.15) is 24.5 Å². The second-order valence-corrected chi connectivity index (χ2v) is 7.84. The molecule has 1 fully saturated rings. The van der Waals surface area contributed by atoms with E-state index >= 15 is 0 Å². The number of hydrogen-bond acceptors (Lipinski definition) is 6. The maximum atomic E-state index is 12.4. The number of carbonyl (C=O) groups is 1. The van der Waals surface area contributed by atoms with Gasteiger partial charge >= 0.3 is 6.03 Å². The van der Waals surface area contributed by atoms with Crippen molar-refractivity contribution in [3.63, 3.8) is 0 Å². The van der Waals surface area contributed by atoms with E-state index in [2.05, 4.69) is 27.0 Å². The van der Waals surface area contributed by atoms with Crippen molar-refractivity contribution in [2.45, 2.75) is 18.8 Å². The van der Waals surface area contributed by atoms with Crippen molar-refractivity contribution in [3.05, 3.63) is 65.2 Å². The summed E-state index contributed by atoms with van der Waals surface area (Å²) in [5.41, 5.74) is 11.1. The van der Waals surface area contributed by atoms with Crippen LogP contribution in [0, 0.1) is 4.91 Å². The monoisotopic (exact) mass is 427 g/mol. The quantitative estimate of drug-likeness (QED) is 0.380. The highest BCUT2D eigenvalue weighted by Crippen LogP contribution is 2.42. The Kier molecular flexibility index (Phi) is 4.78. The molecule has 1 saturated carbocycles. The van der Waals surface area contributed by atoms with Crippen LogP contribution in [0.2, 0.25) is 0 Å². The third-order valence-corrected chi connectivity index (χ3v) is 5.54. The van der Waals surface area contributed by atoms with Crippen LogP contribution in [-0.4, -0.2) is 20.8 Å². The molecule has 2 aromatic heterocycles. The van der Waals surface area contributed by atoms with Gasteiger partial charge in [-0.15, -0.1) is 4.91 Å². The number of nitrogens with one attached hydrogen (secondary N) is 2. The predicted octanol–water partition coefficient (Wildman–Crippen LogP) is 5.14. The van der Waals surface area contributed by atoms with Crippen LogP contribution in [0.3, 0.4) is 0 Å². The number of aryl methyl sites for hydroxylation is 1. The average molecular weight is 427 g/mol. The van der Waals surface area contributed by atoms with E-state index in [0.29, 0.717) is 23.1 Å². The van der Waals surface area contributed by atoms with Crippen LogP contribution in [0.5, 0.6) is 0 Å². The number of urea groups is 1. The molecule has 2 heterocycles. The molecule has 1 aliphatic carbocycles. The van der Waals surface area contributed by atoms with E-state index in [1.54, 1.807) is 22.9 Å². The number of carbonyl (C=O) groups excluding carboxylic acids is 1. The van der Waals surface area contributed by atoms with Crippen molar-refractivity contribution in [1.82, 2.24) is 14.8 Å². The zero-order valence-corrected chi connectivity index (χ0v) is 17.4. The molecule has 0 spiro atoms. The van der Waals surface area contributed by atoms with Gasteiger partial charge in [-0.3, -0.25) is 0 Å². The Morgan fingerprint density at radius 2 is 1.88 bits per heavy atom. The first kappa shape index (κ1) is 19.7. The fraction of sp³-hybridized carbons (Fsp3) is 0.174. The van der Waals surface area contributed by atoms with E-state index in [1.165, 1.54) is 6.07 Å². The highest BCUT2D eigenvalue weighted by molar-refractivity contribution is 6.02. The number of nitrogen functional groups attached to an aromatic ring is 1. The van der Waals surface area contributed by atoms with Crippen molar-refractivity contribution in [2.75, 3.05) is 16.4 Å². The zero-order valence-electron chi connectivity index (χ0n) is 17.4. The summed E-state index contributed by atoms with van der Waals surface area (Å²) in [5, 5.41) is 13.5. The fourth-order valence-electron chi connectivity index (χ4n) is 3.79. The number of fused-ring (bicyclic) bond motifs is 1. The van der Waals surface area contributed by atoms with E-state index in [1.807, 2.05) is 31.3 Å². The number of pyridine rings is 1. The van der Waals surface area contributed by atoms with Crippen molar-refractivity contribution in [1.29, 1.82) is 0 Å². The lowest BCUT2D eigenvalue weighted by atomic mass is 10.0. The van der Waals surface area contributed by atoms with Gasteiger partial charge in [0.25, 0.3) is 0 Å². The second-order valence-electron chi connectivity index (χ2n) is 7.84. The Balaban J connectivity index is 1.41. The lowest BCUT2D eigenvalue weighted by molar-refractivity contribution is 0.262. The molecular formula is C23H21N7O2. The van der Waals surface area contributed by atoms with E-state index in [0.717, 1.165) is 40.7 Å². The van der Waals surface area contributed by atoms with Crippen LogP contribution in [0.25, 0.3) is 22.2 Å². The van der Waals surface area contributed by atoms with Gasteiger partial charge < -0.3 is 16.4 Å². The molecule has 9 nitrogen and oxygen atoms in total. The fourth-order valence-corrected chi connectivity index (χ4v) is 3.79. The van der Waals surface area contributed by atoms with Crippen molar-refractivity contribution in [2.24, 2.45) is 12.2 Å². The molecule has 0 bridgehead atoms. The van der Waals surface area contributed by atoms with Crippen molar-refractivity contribution < 1.29 is 4.79 Å². The molecule has 5 rings (SSSR count). The van der Waals surface area contributed by atoms with Crippen molar-refractivity contribution >= 4 is 39.9 Å². The molecule has 0 atom stereocenters. The zero-order chi connectivity index (χ0) is 22.2. The lowest BCUT2D eigenvalue weighted by Crippen LogP contribution is -2.19. The molecule has 4 N–H and O–H groups in total. The number of nitrogens with zero attached hydrogens (tertiary/aromatic N) is 4. The minimum Gasteiger partial charge on any atom is -0.382 e. The first-order chi connectivity index (χ1) is 15.5. The Bertz CT molecular complexity index is 1340. The molecule has 2 amide bonds. The molecule has 0 saturated heterocycles. The summed E-state index contributed by atoms with van der Waals surface area (Å²) in [6.07, 6.45) is 2.29. The molecular weight excluding hydrogens is 406 g/mol. The number of para-hydroxylation sites is 1. The smallest absolute Gasteiger partial charge is 0.323 e. The van der Waals surface area contributed by atoms with Crippen LogP contribution in [-0.2, 0) is 7.05 Å². The topological polar surface area (TPSA) is 127 Å². The maximum absolute atomic E-state index is 12.4. The molecule has 32 heavy (non-hydrogen) atoms. The number of aromatic nitrogens is 3. The third kappa shape index (κ3) is 3.64. The number of anilines is 3. The van der Waals surface area contributed by atoms with Gasteiger partial charge in [-0.1, -0.05) is 24.3 Å². The van der Waals surface area contributed by atoms with Gasteiger partial charge in [-0.25, -0.2) is 14.5 Å². The summed E-state index contributed by atoms with van der Waals surface area (Å²) < 4.78 is 1.71. The standard InChI is InChI=1S/C23H21N7O2/c1-30-22-20(21(24)28-30)16(12-19(26-22)14-6-7-14)13-8-10-15(11-9-13)25-23(31)27-17-4-2-3-5-18(17)29-32/h2-5,8-12,14H,6-7H2,1H3,(H2,24,28)(H2,25,27,31). The Hall–Kier alpha value is -4.27. The normalized spacial score (nSPS) is 13.2. The number of hydrogen-bond donors (Lipinski definition) is 3. The SMILES string of the molecule is Cn1nc(N)c2c(-c3ccc(NC(=O)Nc4ccccc4N=O)cc3)cc(C3CC3)nc21. The summed E-state index contributed by atoms with van der Waals surface area (Å²) >= 11 is 0. The van der Waals surface area contributed by atoms with Gasteiger partial charge in [0.05, 0.1) is 11.1 Å². The van der Waals surface area contributed by atoms with E-state index < -0.39 is 6.03 Å².